The van der Waals surface area contributed by atoms with Crippen LogP contribution in [0.25, 0.3) is 0 Å². The van der Waals surface area contributed by atoms with E-state index in [1.807, 2.05) is 82.3 Å². The van der Waals surface area contributed by atoms with E-state index < -0.39 is 11.5 Å². The van der Waals surface area contributed by atoms with Crippen molar-refractivity contribution in [3.8, 4) is 0 Å². The first kappa shape index (κ1) is 20.0. The highest BCUT2D eigenvalue weighted by atomic mass is 16.5. The van der Waals surface area contributed by atoms with Crippen LogP contribution in [-0.2, 0) is 20.9 Å². The van der Waals surface area contributed by atoms with Crippen molar-refractivity contribution < 1.29 is 14.3 Å². The molecule has 26 heavy (non-hydrogen) atoms. The number of rotatable bonds is 9. The van der Waals surface area contributed by atoms with Crippen molar-refractivity contribution in [2.45, 2.75) is 40.3 Å². The van der Waals surface area contributed by atoms with Gasteiger partial charge in [-0.05, 0) is 31.5 Å². The van der Waals surface area contributed by atoms with Gasteiger partial charge in [-0.15, -0.1) is 0 Å². The van der Waals surface area contributed by atoms with E-state index in [0.717, 1.165) is 11.3 Å². The van der Waals surface area contributed by atoms with E-state index in [-0.39, 0.29) is 5.97 Å². The second-order valence-electron chi connectivity index (χ2n) is 7.16. The van der Waals surface area contributed by atoms with Gasteiger partial charge in [0.15, 0.2) is 0 Å². The van der Waals surface area contributed by atoms with E-state index in [4.69, 9.17) is 9.47 Å². The van der Waals surface area contributed by atoms with Crippen LogP contribution in [0.4, 0.5) is 5.69 Å². The van der Waals surface area contributed by atoms with Crippen LogP contribution in [0.15, 0.2) is 54.6 Å². The summed E-state index contributed by atoms with van der Waals surface area (Å²) in [5.41, 5.74) is 2.74. The molecule has 0 aliphatic rings. The zero-order valence-corrected chi connectivity index (χ0v) is 16.1. The van der Waals surface area contributed by atoms with Gasteiger partial charge in [0, 0.05) is 11.1 Å². The van der Waals surface area contributed by atoms with Crippen molar-refractivity contribution in [1.29, 1.82) is 0 Å². The quantitative estimate of drug-likeness (QED) is 0.669. The number of carbonyl (C=O) groups excluding carboxylic acids is 1. The fourth-order valence-electron chi connectivity index (χ4n) is 2.70. The lowest BCUT2D eigenvalue weighted by molar-refractivity contribution is -0.147. The van der Waals surface area contributed by atoms with E-state index in [1.54, 1.807) is 0 Å². The van der Waals surface area contributed by atoms with Gasteiger partial charge in [-0.2, -0.15) is 0 Å². The van der Waals surface area contributed by atoms with Crippen molar-refractivity contribution in [3.05, 3.63) is 65.7 Å². The first-order chi connectivity index (χ1) is 12.4. The summed E-state index contributed by atoms with van der Waals surface area (Å²) in [6.07, 6.45) is 0. The topological polar surface area (TPSA) is 47.6 Å². The summed E-state index contributed by atoms with van der Waals surface area (Å²) in [4.78, 5) is 12.6. The molecule has 0 aliphatic carbocycles. The Morgan fingerprint density at radius 2 is 1.73 bits per heavy atom. The second kappa shape index (κ2) is 9.39. The van der Waals surface area contributed by atoms with Crippen molar-refractivity contribution in [1.82, 2.24) is 0 Å². The van der Waals surface area contributed by atoms with Gasteiger partial charge in [0.2, 0.25) is 0 Å². The minimum atomic E-state index is -0.499. The lowest BCUT2D eigenvalue weighted by Crippen LogP contribution is -2.46. The van der Waals surface area contributed by atoms with Crippen LogP contribution in [0.1, 0.15) is 31.9 Å². The molecule has 2 aromatic rings. The number of aryl methyl sites for hydroxylation is 1. The summed E-state index contributed by atoms with van der Waals surface area (Å²) >= 11 is 0. The van der Waals surface area contributed by atoms with E-state index in [2.05, 4.69) is 5.32 Å². The van der Waals surface area contributed by atoms with Gasteiger partial charge in [-0.25, -0.2) is 4.79 Å². The van der Waals surface area contributed by atoms with Crippen LogP contribution < -0.4 is 5.32 Å². The Morgan fingerprint density at radius 3 is 2.35 bits per heavy atom. The number of ether oxygens (including phenoxy) is 2. The molecule has 2 rings (SSSR count). The average molecular weight is 355 g/mol. The standard InChI is InChI=1S/C22H29NO3/c1-5-26-21(24)20(23-19-13-11-17(2)12-14-19)22(3,4)16-25-15-18-9-7-6-8-10-18/h6-14,20,23H,5,15-16H2,1-4H3. The minimum Gasteiger partial charge on any atom is -0.464 e. The third kappa shape index (κ3) is 5.88. The van der Waals surface area contributed by atoms with Gasteiger partial charge in [-0.3, -0.25) is 0 Å². The lowest BCUT2D eigenvalue weighted by Gasteiger charge is -2.33. The summed E-state index contributed by atoms with van der Waals surface area (Å²) < 4.78 is 11.2. The van der Waals surface area contributed by atoms with Crippen molar-refractivity contribution in [3.63, 3.8) is 0 Å². The first-order valence-corrected chi connectivity index (χ1v) is 9.04. The van der Waals surface area contributed by atoms with Gasteiger partial charge in [0.25, 0.3) is 0 Å². The monoisotopic (exact) mass is 355 g/mol. The maximum Gasteiger partial charge on any atom is 0.329 e. The van der Waals surface area contributed by atoms with Crippen LogP contribution in [0.3, 0.4) is 0 Å². The van der Waals surface area contributed by atoms with Gasteiger partial charge >= 0.3 is 5.97 Å². The third-order valence-electron chi connectivity index (χ3n) is 4.25. The van der Waals surface area contributed by atoms with Crippen LogP contribution in [0, 0.1) is 12.3 Å². The Balaban J connectivity index is 2.05. The smallest absolute Gasteiger partial charge is 0.329 e. The molecule has 0 saturated heterocycles. The summed E-state index contributed by atoms with van der Waals surface area (Å²) in [7, 11) is 0. The molecule has 0 saturated carbocycles. The fraction of sp³-hybridized carbons (Fsp3) is 0.409. The van der Waals surface area contributed by atoms with Crippen LogP contribution in [0.2, 0.25) is 0 Å². The van der Waals surface area contributed by atoms with Crippen molar-refractivity contribution >= 4 is 11.7 Å². The number of hydrogen-bond acceptors (Lipinski definition) is 4. The molecule has 0 heterocycles. The minimum absolute atomic E-state index is 0.263. The molecule has 1 unspecified atom stereocenters. The summed E-state index contributed by atoms with van der Waals surface area (Å²) in [6, 6.07) is 17.5. The first-order valence-electron chi connectivity index (χ1n) is 9.04. The maximum absolute atomic E-state index is 12.6. The normalized spacial score (nSPS) is 12.5. The van der Waals surface area contributed by atoms with Crippen LogP contribution >= 0.6 is 0 Å². The second-order valence-corrected chi connectivity index (χ2v) is 7.16. The summed E-state index contributed by atoms with van der Waals surface area (Å²) in [6.45, 7) is 9.19. The highest BCUT2D eigenvalue weighted by Crippen LogP contribution is 2.26. The Hall–Kier alpha value is -2.33. The van der Waals surface area contributed by atoms with Crippen molar-refractivity contribution in [2.24, 2.45) is 5.41 Å². The fourth-order valence-corrected chi connectivity index (χ4v) is 2.70. The molecule has 0 fully saturated rings. The molecule has 0 amide bonds. The van der Waals surface area contributed by atoms with Gasteiger partial charge in [0.1, 0.15) is 6.04 Å². The predicted octanol–water partition coefficient (Wildman–Crippen LogP) is 4.58. The number of nitrogens with one attached hydrogen (secondary N) is 1. The number of hydrogen-bond donors (Lipinski definition) is 1. The molecule has 140 valence electrons. The average Bonchev–Trinajstić information content (AvgIpc) is 2.62. The van der Waals surface area contributed by atoms with E-state index in [9.17, 15) is 4.79 Å². The molecule has 1 atom stereocenters. The van der Waals surface area contributed by atoms with Gasteiger partial charge < -0.3 is 14.8 Å². The number of esters is 1. The largest absolute Gasteiger partial charge is 0.464 e. The zero-order chi connectivity index (χ0) is 19.0. The molecule has 0 radical (unpaired) electrons. The van der Waals surface area contributed by atoms with Crippen LogP contribution in [0.5, 0.6) is 0 Å². The molecular formula is C22H29NO3. The van der Waals surface area contributed by atoms with E-state index >= 15 is 0 Å². The molecule has 0 aliphatic heterocycles. The van der Waals surface area contributed by atoms with Gasteiger partial charge in [-0.1, -0.05) is 61.9 Å². The highest BCUT2D eigenvalue weighted by molar-refractivity contribution is 5.80. The molecule has 0 spiro atoms. The lowest BCUT2D eigenvalue weighted by atomic mass is 9.85. The summed E-state index contributed by atoms with van der Waals surface area (Å²) in [5.74, 6) is -0.263. The van der Waals surface area contributed by atoms with Crippen LogP contribution in [-0.4, -0.2) is 25.2 Å². The molecular weight excluding hydrogens is 326 g/mol. The number of carbonyl (C=O) groups is 1. The number of anilines is 1. The highest BCUT2D eigenvalue weighted by Gasteiger charge is 2.36. The number of benzene rings is 2. The van der Waals surface area contributed by atoms with E-state index in [0.29, 0.717) is 19.8 Å². The SMILES string of the molecule is CCOC(=O)C(Nc1ccc(C)cc1)C(C)(C)COCc1ccccc1. The third-order valence-corrected chi connectivity index (χ3v) is 4.25. The Labute approximate surface area is 156 Å². The van der Waals surface area contributed by atoms with Crippen molar-refractivity contribution in [2.75, 3.05) is 18.5 Å². The Bertz CT molecular complexity index is 680. The van der Waals surface area contributed by atoms with Gasteiger partial charge in [0.05, 0.1) is 19.8 Å². The molecule has 4 nitrogen and oxygen atoms in total. The van der Waals surface area contributed by atoms with E-state index in [1.165, 1.54) is 5.56 Å². The maximum atomic E-state index is 12.6. The molecule has 4 heteroatoms. The Morgan fingerprint density at radius 1 is 1.08 bits per heavy atom. The molecule has 1 N–H and O–H groups in total. The molecule has 2 aromatic carbocycles. The summed E-state index contributed by atoms with van der Waals surface area (Å²) in [5, 5.41) is 3.33. The zero-order valence-electron chi connectivity index (χ0n) is 16.1. The Kier molecular flexibility index (Phi) is 7.22. The molecule has 0 bridgehead atoms. The molecule has 0 aromatic heterocycles. The predicted molar refractivity (Wildman–Crippen MR) is 105 cm³/mol.